The van der Waals surface area contributed by atoms with E-state index in [1.54, 1.807) is 0 Å². The lowest BCUT2D eigenvalue weighted by Crippen LogP contribution is -2.13. The zero-order valence-electron chi connectivity index (χ0n) is 7.10. The molecule has 1 aliphatic carbocycles. The van der Waals surface area contributed by atoms with Gasteiger partial charge in [0.25, 0.3) is 0 Å². The Morgan fingerprint density at radius 2 is 1.80 bits per heavy atom. The van der Waals surface area contributed by atoms with Crippen LogP contribution in [0.1, 0.15) is 39.5 Å². The van der Waals surface area contributed by atoms with Gasteiger partial charge in [0.15, 0.2) is 0 Å². The summed E-state index contributed by atoms with van der Waals surface area (Å²) in [7, 11) is 0. The van der Waals surface area contributed by atoms with Gasteiger partial charge in [0.05, 0.1) is 0 Å². The van der Waals surface area contributed by atoms with E-state index in [0.717, 1.165) is 11.2 Å². The summed E-state index contributed by atoms with van der Waals surface area (Å²) < 4.78 is 0. The highest BCUT2D eigenvalue weighted by molar-refractivity contribution is 7.99. The van der Waals surface area contributed by atoms with Crippen molar-refractivity contribution in [1.82, 2.24) is 0 Å². The van der Waals surface area contributed by atoms with Gasteiger partial charge in [-0.1, -0.05) is 13.8 Å². The van der Waals surface area contributed by atoms with E-state index in [4.69, 9.17) is 0 Å². The molecule has 0 N–H and O–H groups in total. The first kappa shape index (κ1) is 8.45. The standard InChI is InChI=1S/C9H18S/c1-3-10-9-6-4-8(2)5-7-9/h8-9H,3-7H2,1-2H3/t8-,9+. The van der Waals surface area contributed by atoms with Crippen LogP contribution in [0.2, 0.25) is 0 Å². The van der Waals surface area contributed by atoms with E-state index in [2.05, 4.69) is 25.6 Å². The summed E-state index contributed by atoms with van der Waals surface area (Å²) in [5.74, 6) is 2.31. The van der Waals surface area contributed by atoms with E-state index < -0.39 is 0 Å². The number of hydrogen-bond donors (Lipinski definition) is 0. The van der Waals surface area contributed by atoms with Gasteiger partial charge in [-0.25, -0.2) is 0 Å². The van der Waals surface area contributed by atoms with Crippen molar-refractivity contribution in [3.05, 3.63) is 0 Å². The van der Waals surface area contributed by atoms with Crippen LogP contribution in [0, 0.1) is 5.92 Å². The smallest absolute Gasteiger partial charge is 0.00471 e. The first-order chi connectivity index (χ1) is 4.83. The molecule has 0 atom stereocenters. The van der Waals surface area contributed by atoms with Gasteiger partial charge in [0.2, 0.25) is 0 Å². The van der Waals surface area contributed by atoms with E-state index >= 15 is 0 Å². The lowest BCUT2D eigenvalue weighted by atomic mass is 9.91. The molecule has 0 spiro atoms. The molecule has 0 aromatic heterocycles. The monoisotopic (exact) mass is 158 g/mol. The van der Waals surface area contributed by atoms with Crippen LogP contribution in [0.5, 0.6) is 0 Å². The van der Waals surface area contributed by atoms with Crippen LogP contribution >= 0.6 is 11.8 Å². The molecule has 1 heteroatoms. The highest BCUT2D eigenvalue weighted by Gasteiger charge is 2.17. The van der Waals surface area contributed by atoms with Crippen molar-refractivity contribution in [1.29, 1.82) is 0 Å². The average Bonchev–Trinajstić information content (AvgIpc) is 1.95. The second kappa shape index (κ2) is 4.27. The van der Waals surface area contributed by atoms with E-state index in [9.17, 15) is 0 Å². The molecule has 0 heterocycles. The van der Waals surface area contributed by atoms with Gasteiger partial charge in [0, 0.05) is 5.25 Å². The normalized spacial score (nSPS) is 34.2. The molecule has 1 fully saturated rings. The lowest BCUT2D eigenvalue weighted by molar-refractivity contribution is 0.393. The van der Waals surface area contributed by atoms with Gasteiger partial charge < -0.3 is 0 Å². The molecule has 0 unspecified atom stereocenters. The molecule has 1 rings (SSSR count). The fourth-order valence-electron chi connectivity index (χ4n) is 1.63. The first-order valence-corrected chi connectivity index (χ1v) is 5.49. The molecule has 0 nitrogen and oxygen atoms in total. The molecule has 60 valence electrons. The largest absolute Gasteiger partial charge is 0.159 e. The summed E-state index contributed by atoms with van der Waals surface area (Å²) in [6.45, 7) is 4.65. The molecule has 1 aliphatic rings. The molecule has 1 saturated carbocycles. The summed E-state index contributed by atoms with van der Waals surface area (Å²) in [6.07, 6.45) is 5.88. The fourth-order valence-corrected chi connectivity index (χ4v) is 2.71. The third kappa shape index (κ3) is 2.53. The Morgan fingerprint density at radius 1 is 1.20 bits per heavy atom. The summed E-state index contributed by atoms with van der Waals surface area (Å²) in [5, 5.41) is 1.00. The Kier molecular flexibility index (Phi) is 3.61. The summed E-state index contributed by atoms with van der Waals surface area (Å²) in [6, 6.07) is 0. The van der Waals surface area contributed by atoms with Crippen molar-refractivity contribution < 1.29 is 0 Å². The highest BCUT2D eigenvalue weighted by Crippen LogP contribution is 2.31. The van der Waals surface area contributed by atoms with Crippen molar-refractivity contribution in [2.75, 3.05) is 5.75 Å². The van der Waals surface area contributed by atoms with E-state index in [1.807, 2.05) is 0 Å². The number of hydrogen-bond acceptors (Lipinski definition) is 1. The number of thioether (sulfide) groups is 1. The maximum absolute atomic E-state index is 2.38. The molecule has 0 radical (unpaired) electrons. The maximum Gasteiger partial charge on any atom is 0.00471 e. The quantitative estimate of drug-likeness (QED) is 0.594. The average molecular weight is 158 g/mol. The Morgan fingerprint density at radius 3 is 2.30 bits per heavy atom. The van der Waals surface area contributed by atoms with E-state index in [0.29, 0.717) is 0 Å². The molecule has 0 aromatic rings. The molecular weight excluding hydrogens is 140 g/mol. The summed E-state index contributed by atoms with van der Waals surface area (Å²) in [4.78, 5) is 0. The summed E-state index contributed by atoms with van der Waals surface area (Å²) in [5.41, 5.74) is 0. The van der Waals surface area contributed by atoms with Crippen molar-refractivity contribution in [2.24, 2.45) is 5.92 Å². The Labute approximate surface area is 68.8 Å². The van der Waals surface area contributed by atoms with E-state index in [-0.39, 0.29) is 0 Å². The topological polar surface area (TPSA) is 0 Å². The van der Waals surface area contributed by atoms with Crippen molar-refractivity contribution in [3.8, 4) is 0 Å². The zero-order valence-corrected chi connectivity index (χ0v) is 7.91. The summed E-state index contributed by atoms with van der Waals surface area (Å²) >= 11 is 2.15. The van der Waals surface area contributed by atoms with Crippen LogP contribution in [0.4, 0.5) is 0 Å². The van der Waals surface area contributed by atoms with Gasteiger partial charge in [0.1, 0.15) is 0 Å². The molecule has 0 aromatic carbocycles. The van der Waals surface area contributed by atoms with Gasteiger partial charge in [-0.2, -0.15) is 11.8 Å². The van der Waals surface area contributed by atoms with Gasteiger partial charge in [-0.15, -0.1) is 0 Å². The zero-order chi connectivity index (χ0) is 7.40. The first-order valence-electron chi connectivity index (χ1n) is 4.44. The molecule has 0 bridgehead atoms. The lowest BCUT2D eigenvalue weighted by Gasteiger charge is -2.25. The third-order valence-corrected chi connectivity index (χ3v) is 3.64. The molecule has 0 aliphatic heterocycles. The Hall–Kier alpha value is 0.350. The minimum absolute atomic E-state index is 1.00. The van der Waals surface area contributed by atoms with Crippen LogP contribution in [0.15, 0.2) is 0 Å². The van der Waals surface area contributed by atoms with Crippen molar-refractivity contribution >= 4 is 11.8 Å². The molecule has 0 saturated heterocycles. The fraction of sp³-hybridized carbons (Fsp3) is 1.00. The van der Waals surface area contributed by atoms with Gasteiger partial charge in [-0.3, -0.25) is 0 Å². The minimum Gasteiger partial charge on any atom is -0.159 e. The second-order valence-corrected chi connectivity index (χ2v) is 4.91. The third-order valence-electron chi connectivity index (χ3n) is 2.37. The minimum atomic E-state index is 1.00. The SMILES string of the molecule is CCS[C@H]1CC[C@@H](C)CC1. The Bertz CT molecular complexity index is 82.7. The second-order valence-electron chi connectivity index (χ2n) is 3.34. The predicted molar refractivity (Wildman–Crippen MR) is 49.6 cm³/mol. The predicted octanol–water partition coefficient (Wildman–Crippen LogP) is 3.32. The van der Waals surface area contributed by atoms with Gasteiger partial charge >= 0.3 is 0 Å². The Balaban J connectivity index is 2.13. The van der Waals surface area contributed by atoms with Crippen LogP contribution < -0.4 is 0 Å². The highest BCUT2D eigenvalue weighted by atomic mass is 32.2. The van der Waals surface area contributed by atoms with Crippen LogP contribution in [0.25, 0.3) is 0 Å². The van der Waals surface area contributed by atoms with Crippen LogP contribution in [0.3, 0.4) is 0 Å². The van der Waals surface area contributed by atoms with Gasteiger partial charge in [-0.05, 0) is 37.4 Å². The maximum atomic E-state index is 2.38. The molecular formula is C9H18S. The van der Waals surface area contributed by atoms with E-state index in [1.165, 1.54) is 31.4 Å². The molecule has 0 amide bonds. The van der Waals surface area contributed by atoms with Crippen molar-refractivity contribution in [3.63, 3.8) is 0 Å². The van der Waals surface area contributed by atoms with Crippen LogP contribution in [-0.2, 0) is 0 Å². The van der Waals surface area contributed by atoms with Crippen molar-refractivity contribution in [2.45, 2.75) is 44.8 Å². The number of rotatable bonds is 2. The van der Waals surface area contributed by atoms with Crippen LogP contribution in [-0.4, -0.2) is 11.0 Å². The molecule has 10 heavy (non-hydrogen) atoms.